The van der Waals surface area contributed by atoms with Crippen molar-refractivity contribution in [1.82, 2.24) is 0 Å². The molecule has 0 saturated carbocycles. The Morgan fingerprint density at radius 2 is 0.938 bits per heavy atom. The van der Waals surface area contributed by atoms with Crippen LogP contribution in [0.2, 0.25) is 0 Å². The molecule has 0 bridgehead atoms. The molecule has 0 fully saturated rings. The minimum Gasteiger partial charge on any atom is -0.151 e. The highest BCUT2D eigenvalue weighted by Crippen LogP contribution is 2.06. The van der Waals surface area contributed by atoms with Gasteiger partial charge in [0.2, 0.25) is 0 Å². The Hall–Kier alpha value is -1.12. The fourth-order valence-electron chi connectivity index (χ4n) is 1.28. The molecular formula is C14H14S2. The van der Waals surface area contributed by atoms with E-state index in [0.29, 0.717) is 0 Å². The summed E-state index contributed by atoms with van der Waals surface area (Å²) in [6.45, 7) is 0. The first-order valence-corrected chi connectivity index (χ1v) is 7.75. The van der Waals surface area contributed by atoms with Crippen LogP contribution in [-0.2, 0) is 0 Å². The molecule has 0 aliphatic carbocycles. The van der Waals surface area contributed by atoms with Gasteiger partial charge in [-0.3, -0.25) is 0 Å². The van der Waals surface area contributed by atoms with Crippen LogP contribution in [0.5, 0.6) is 0 Å². The molecule has 0 aromatic heterocycles. The lowest BCUT2D eigenvalue weighted by Crippen LogP contribution is -1.75. The Morgan fingerprint density at radius 3 is 1.31 bits per heavy atom. The molecule has 0 radical (unpaired) electrons. The zero-order valence-electron chi connectivity index (χ0n) is 8.82. The summed E-state index contributed by atoms with van der Waals surface area (Å²) >= 11 is 0. The summed E-state index contributed by atoms with van der Waals surface area (Å²) in [4.78, 5) is 0. The Balaban J connectivity index is 1.98. The van der Waals surface area contributed by atoms with E-state index in [1.54, 1.807) is 0 Å². The molecule has 0 nitrogen and oxygen atoms in total. The predicted molar refractivity (Wildman–Crippen MR) is 81.2 cm³/mol. The maximum absolute atomic E-state index is 2.24. The fraction of sp³-hybridized carbons (Fsp3) is 0. The second kappa shape index (κ2) is 6.46. The third-order valence-electron chi connectivity index (χ3n) is 2.08. The maximum atomic E-state index is 2.24. The second-order valence-electron chi connectivity index (χ2n) is 3.31. The van der Waals surface area contributed by atoms with E-state index in [2.05, 4.69) is 59.3 Å². The molecule has 0 N–H and O–H groups in total. The zero-order chi connectivity index (χ0) is 11.1. The Morgan fingerprint density at radius 1 is 0.562 bits per heavy atom. The first-order chi connectivity index (χ1) is 7.95. The summed E-state index contributed by atoms with van der Waals surface area (Å²) in [7, 11) is 2.62. The van der Waals surface area contributed by atoms with E-state index < -0.39 is 0 Å². The Labute approximate surface area is 103 Å². The Bertz CT molecular complexity index is 425. The van der Waals surface area contributed by atoms with Crippen LogP contribution >= 0.6 is 20.8 Å². The number of hydrogen-bond acceptors (Lipinski definition) is 0. The third-order valence-corrected chi connectivity index (χ3v) is 4.13. The maximum Gasteiger partial charge on any atom is -0.0196 e. The van der Waals surface area contributed by atoms with Crippen molar-refractivity contribution in [2.45, 2.75) is 0 Å². The van der Waals surface area contributed by atoms with Gasteiger partial charge in [-0.05, 0) is 21.9 Å². The van der Waals surface area contributed by atoms with Gasteiger partial charge >= 0.3 is 0 Å². The average Bonchev–Trinajstić information content (AvgIpc) is 2.37. The molecule has 0 aliphatic heterocycles. The van der Waals surface area contributed by atoms with E-state index in [1.165, 1.54) is 31.9 Å². The highest BCUT2D eigenvalue weighted by Gasteiger charge is 1.81. The number of rotatable bonds is 3. The predicted octanol–water partition coefficient (Wildman–Crippen LogP) is 3.53. The monoisotopic (exact) mass is 246 g/mol. The fourth-order valence-corrected chi connectivity index (χ4v) is 3.22. The molecule has 2 heteroatoms. The smallest absolute Gasteiger partial charge is 0.0196 e. The lowest BCUT2D eigenvalue weighted by Gasteiger charge is -1.90. The van der Waals surface area contributed by atoms with Gasteiger partial charge in [-0.25, -0.2) is 0 Å². The van der Waals surface area contributed by atoms with Crippen LogP contribution in [0.15, 0.2) is 60.7 Å². The van der Waals surface area contributed by atoms with Crippen LogP contribution < -0.4 is 0 Å². The average molecular weight is 246 g/mol. The molecule has 82 valence electrons. The largest absolute Gasteiger partial charge is 0.151 e. The lowest BCUT2D eigenvalue weighted by molar-refractivity contribution is 1.69. The van der Waals surface area contributed by atoms with Crippen molar-refractivity contribution >= 4 is 31.5 Å². The molecule has 2 aromatic carbocycles. The summed E-state index contributed by atoms with van der Waals surface area (Å²) in [5.41, 5.74) is 2.58. The van der Waals surface area contributed by atoms with Gasteiger partial charge in [-0.2, -0.15) is 20.8 Å². The first kappa shape index (κ1) is 11.4. The zero-order valence-corrected chi connectivity index (χ0v) is 10.6. The molecule has 0 saturated heterocycles. The molecule has 0 spiro atoms. The summed E-state index contributed by atoms with van der Waals surface area (Å²) in [6, 6.07) is 20.9. The van der Waals surface area contributed by atoms with Gasteiger partial charge in [-0.1, -0.05) is 60.7 Å². The van der Waals surface area contributed by atoms with E-state index in [1.807, 2.05) is 12.1 Å². The van der Waals surface area contributed by atoms with Crippen molar-refractivity contribution in [1.29, 1.82) is 0 Å². The van der Waals surface area contributed by atoms with E-state index in [-0.39, 0.29) is 0 Å². The second-order valence-corrected chi connectivity index (χ2v) is 5.67. The van der Waals surface area contributed by atoms with Crippen LogP contribution in [0.4, 0.5) is 0 Å². The summed E-state index contributed by atoms with van der Waals surface area (Å²) in [6.07, 6.45) is 0. The number of thiol groups is 2. The van der Waals surface area contributed by atoms with Crippen LogP contribution in [-0.4, -0.2) is 10.7 Å². The van der Waals surface area contributed by atoms with Crippen molar-refractivity contribution < 1.29 is 0 Å². The first-order valence-electron chi connectivity index (χ1n) is 5.12. The molecule has 0 amide bonds. The lowest BCUT2D eigenvalue weighted by atomic mass is 10.2. The minimum absolute atomic E-state index is 1.29. The number of benzene rings is 2. The van der Waals surface area contributed by atoms with Gasteiger partial charge in [-0.15, -0.1) is 0 Å². The van der Waals surface area contributed by atoms with Gasteiger partial charge in [0.05, 0.1) is 0 Å². The van der Waals surface area contributed by atoms with Gasteiger partial charge in [0, 0.05) is 0 Å². The van der Waals surface area contributed by atoms with Gasteiger partial charge < -0.3 is 0 Å². The third kappa shape index (κ3) is 3.80. The molecule has 0 unspecified atom stereocenters. The van der Waals surface area contributed by atoms with Gasteiger partial charge in [0.1, 0.15) is 0 Å². The highest BCUT2D eigenvalue weighted by atomic mass is 33.1. The number of hydrogen-bond donors (Lipinski definition) is 2. The SMILES string of the molecule is C(=[SH][SH]=Cc1ccccc1)c1ccccc1. The molecule has 0 atom stereocenters. The van der Waals surface area contributed by atoms with E-state index in [4.69, 9.17) is 0 Å². The molecule has 0 heterocycles. The molecule has 16 heavy (non-hydrogen) atoms. The van der Waals surface area contributed by atoms with E-state index in [0.717, 1.165) is 0 Å². The molecule has 0 aliphatic rings. The van der Waals surface area contributed by atoms with Gasteiger partial charge in [0.25, 0.3) is 0 Å². The molecule has 2 aromatic rings. The van der Waals surface area contributed by atoms with Gasteiger partial charge in [0.15, 0.2) is 0 Å². The standard InChI is InChI=1S/C14H14S2/c1-3-7-13(8-4-1)11-15-16-12-14-9-5-2-6-10-14/h1-12,15-16H. The quantitative estimate of drug-likeness (QED) is 0.462. The molecule has 2 rings (SSSR count). The van der Waals surface area contributed by atoms with Crippen molar-refractivity contribution in [2.75, 3.05) is 0 Å². The van der Waals surface area contributed by atoms with Crippen LogP contribution in [0.1, 0.15) is 11.1 Å². The van der Waals surface area contributed by atoms with Crippen LogP contribution in [0.3, 0.4) is 0 Å². The van der Waals surface area contributed by atoms with Crippen molar-refractivity contribution in [3.63, 3.8) is 0 Å². The Kier molecular flexibility index (Phi) is 4.59. The van der Waals surface area contributed by atoms with Crippen molar-refractivity contribution in [3.05, 3.63) is 71.8 Å². The summed E-state index contributed by atoms with van der Waals surface area (Å²) in [5, 5.41) is 4.47. The van der Waals surface area contributed by atoms with Crippen LogP contribution in [0, 0.1) is 0 Å². The van der Waals surface area contributed by atoms with Crippen molar-refractivity contribution in [2.24, 2.45) is 0 Å². The highest BCUT2D eigenvalue weighted by molar-refractivity contribution is 8.73. The summed E-state index contributed by atoms with van der Waals surface area (Å²) < 4.78 is 0. The molecular weight excluding hydrogens is 232 g/mol. The van der Waals surface area contributed by atoms with Crippen molar-refractivity contribution in [3.8, 4) is 0 Å². The minimum atomic E-state index is 1.29. The summed E-state index contributed by atoms with van der Waals surface area (Å²) in [5.74, 6) is 0. The topological polar surface area (TPSA) is 0 Å². The van der Waals surface area contributed by atoms with E-state index >= 15 is 0 Å². The van der Waals surface area contributed by atoms with E-state index in [9.17, 15) is 0 Å². The normalized spacial score (nSPS) is 12.2. The van der Waals surface area contributed by atoms with Crippen LogP contribution in [0.25, 0.3) is 0 Å².